The van der Waals surface area contributed by atoms with Crippen LogP contribution in [0, 0.1) is 0 Å². The highest BCUT2D eigenvalue weighted by Crippen LogP contribution is 2.14. The minimum atomic E-state index is -0.00233. The van der Waals surface area contributed by atoms with Crippen molar-refractivity contribution in [1.82, 2.24) is 5.32 Å². The average Bonchev–Trinajstić information content (AvgIpc) is 2.21. The summed E-state index contributed by atoms with van der Waals surface area (Å²) in [6.07, 6.45) is 0. The van der Waals surface area contributed by atoms with E-state index < -0.39 is 0 Å². The molecular formula is C11H15Cl2NO. The fourth-order valence-electron chi connectivity index (χ4n) is 1.24. The predicted octanol–water partition coefficient (Wildman–Crippen LogP) is 2.68. The van der Waals surface area contributed by atoms with Crippen LogP contribution >= 0.6 is 23.2 Å². The number of halogens is 2. The van der Waals surface area contributed by atoms with Gasteiger partial charge in [-0.3, -0.25) is 0 Å². The Labute approximate surface area is 101 Å². The van der Waals surface area contributed by atoms with Crippen LogP contribution in [0.1, 0.15) is 5.56 Å². The molecular weight excluding hydrogens is 233 g/mol. The molecule has 15 heavy (non-hydrogen) atoms. The Morgan fingerprint density at radius 3 is 2.80 bits per heavy atom. The van der Waals surface area contributed by atoms with Crippen molar-refractivity contribution in [2.45, 2.75) is 11.9 Å². The monoisotopic (exact) mass is 247 g/mol. The molecule has 1 aromatic rings. The van der Waals surface area contributed by atoms with Crippen LogP contribution in [0.4, 0.5) is 0 Å². The predicted molar refractivity (Wildman–Crippen MR) is 64.7 cm³/mol. The van der Waals surface area contributed by atoms with Gasteiger partial charge in [-0.1, -0.05) is 29.8 Å². The first-order valence-electron chi connectivity index (χ1n) is 4.81. The molecule has 0 saturated heterocycles. The maximum atomic E-state index is 6.00. The average molecular weight is 248 g/mol. The van der Waals surface area contributed by atoms with Gasteiger partial charge in [0.2, 0.25) is 0 Å². The molecule has 0 aromatic heterocycles. The number of ether oxygens (including phenoxy) is 1. The molecule has 0 aliphatic heterocycles. The number of hydrogen-bond donors (Lipinski definition) is 1. The lowest BCUT2D eigenvalue weighted by atomic mass is 10.2. The minimum absolute atomic E-state index is 0.00233. The van der Waals surface area contributed by atoms with Crippen molar-refractivity contribution in [2.24, 2.45) is 0 Å². The minimum Gasteiger partial charge on any atom is -0.383 e. The fourth-order valence-corrected chi connectivity index (χ4v) is 1.68. The van der Waals surface area contributed by atoms with E-state index in [2.05, 4.69) is 5.32 Å². The molecule has 1 aromatic carbocycles. The highest BCUT2D eigenvalue weighted by Gasteiger charge is 2.03. The van der Waals surface area contributed by atoms with E-state index in [1.54, 1.807) is 7.11 Å². The zero-order valence-electron chi connectivity index (χ0n) is 8.67. The molecule has 0 aliphatic carbocycles. The van der Waals surface area contributed by atoms with E-state index in [9.17, 15) is 0 Å². The topological polar surface area (TPSA) is 21.3 Å². The van der Waals surface area contributed by atoms with Gasteiger partial charge in [0.1, 0.15) is 0 Å². The summed E-state index contributed by atoms with van der Waals surface area (Å²) in [6.45, 7) is 1.99. The van der Waals surface area contributed by atoms with Gasteiger partial charge in [0.05, 0.1) is 12.0 Å². The van der Waals surface area contributed by atoms with E-state index in [1.807, 2.05) is 24.3 Å². The fraction of sp³-hybridized carbons (Fsp3) is 0.455. The molecule has 84 valence electrons. The lowest BCUT2D eigenvalue weighted by molar-refractivity contribution is 0.197. The van der Waals surface area contributed by atoms with Gasteiger partial charge in [0.25, 0.3) is 0 Å². The van der Waals surface area contributed by atoms with E-state index >= 15 is 0 Å². The van der Waals surface area contributed by atoms with Gasteiger partial charge in [0.15, 0.2) is 0 Å². The lowest BCUT2D eigenvalue weighted by Crippen LogP contribution is -2.25. The van der Waals surface area contributed by atoms with Crippen molar-refractivity contribution < 1.29 is 4.74 Å². The highest BCUT2D eigenvalue weighted by atomic mass is 35.5. The normalized spacial score (nSPS) is 12.7. The van der Waals surface area contributed by atoms with Gasteiger partial charge >= 0.3 is 0 Å². The molecule has 0 aliphatic rings. The molecule has 0 spiro atoms. The van der Waals surface area contributed by atoms with Crippen molar-refractivity contribution in [1.29, 1.82) is 0 Å². The second kappa shape index (κ2) is 7.07. The quantitative estimate of drug-likeness (QED) is 0.781. The molecule has 4 heteroatoms. The molecule has 1 unspecified atom stereocenters. The highest BCUT2D eigenvalue weighted by molar-refractivity contribution is 6.31. The first kappa shape index (κ1) is 12.8. The molecule has 1 rings (SSSR count). The van der Waals surface area contributed by atoms with Crippen molar-refractivity contribution in [2.75, 3.05) is 20.3 Å². The summed E-state index contributed by atoms with van der Waals surface area (Å²) >= 11 is 12.0. The molecule has 0 amide bonds. The van der Waals surface area contributed by atoms with Gasteiger partial charge in [0, 0.05) is 25.2 Å². The summed E-state index contributed by atoms with van der Waals surface area (Å²) in [6, 6.07) is 7.76. The summed E-state index contributed by atoms with van der Waals surface area (Å²) in [5.41, 5.74) is 1.08. The Kier molecular flexibility index (Phi) is 6.03. The van der Waals surface area contributed by atoms with Gasteiger partial charge in [-0.15, -0.1) is 11.6 Å². The van der Waals surface area contributed by atoms with Crippen LogP contribution in [0.15, 0.2) is 24.3 Å². The van der Waals surface area contributed by atoms with E-state index in [0.29, 0.717) is 13.2 Å². The van der Waals surface area contributed by atoms with Crippen LogP contribution in [0.2, 0.25) is 5.02 Å². The number of nitrogens with one attached hydrogen (secondary N) is 1. The Hall–Kier alpha value is -0.280. The molecule has 1 N–H and O–H groups in total. The van der Waals surface area contributed by atoms with Crippen LogP contribution in [-0.2, 0) is 11.3 Å². The molecule has 2 nitrogen and oxygen atoms in total. The lowest BCUT2D eigenvalue weighted by Gasteiger charge is -2.10. The smallest absolute Gasteiger partial charge is 0.0694 e. The third-order valence-electron chi connectivity index (χ3n) is 1.99. The van der Waals surface area contributed by atoms with E-state index in [4.69, 9.17) is 27.9 Å². The van der Waals surface area contributed by atoms with E-state index in [0.717, 1.165) is 17.1 Å². The largest absolute Gasteiger partial charge is 0.383 e. The zero-order valence-corrected chi connectivity index (χ0v) is 10.2. The number of hydrogen-bond acceptors (Lipinski definition) is 2. The third-order valence-corrected chi connectivity index (χ3v) is 2.64. The van der Waals surface area contributed by atoms with Crippen molar-refractivity contribution in [3.8, 4) is 0 Å². The summed E-state index contributed by atoms with van der Waals surface area (Å²) in [5.74, 6) is 0. The van der Waals surface area contributed by atoms with Crippen LogP contribution in [0.25, 0.3) is 0 Å². The second-order valence-electron chi connectivity index (χ2n) is 3.27. The summed E-state index contributed by atoms with van der Waals surface area (Å²) in [7, 11) is 1.64. The molecule has 0 heterocycles. The standard InChI is InChI=1S/C11H15Cl2NO/c1-15-8-10(12)7-14-6-9-4-2-3-5-11(9)13/h2-5,10,14H,6-8H2,1H3. The molecule has 0 bridgehead atoms. The van der Waals surface area contributed by atoms with Crippen LogP contribution in [0.3, 0.4) is 0 Å². The maximum Gasteiger partial charge on any atom is 0.0694 e. The van der Waals surface area contributed by atoms with Gasteiger partial charge in [-0.05, 0) is 11.6 Å². The van der Waals surface area contributed by atoms with Crippen molar-refractivity contribution >= 4 is 23.2 Å². The maximum absolute atomic E-state index is 6.00. The number of benzene rings is 1. The number of alkyl halides is 1. The SMILES string of the molecule is COCC(Cl)CNCc1ccccc1Cl. The van der Waals surface area contributed by atoms with Gasteiger partial charge < -0.3 is 10.1 Å². The number of methoxy groups -OCH3 is 1. The third kappa shape index (κ3) is 4.85. The summed E-state index contributed by atoms with van der Waals surface area (Å²) < 4.78 is 4.93. The van der Waals surface area contributed by atoms with E-state index in [-0.39, 0.29) is 5.38 Å². The molecule has 1 atom stereocenters. The van der Waals surface area contributed by atoms with E-state index in [1.165, 1.54) is 0 Å². The number of rotatable bonds is 6. The first-order valence-corrected chi connectivity index (χ1v) is 5.62. The Morgan fingerprint density at radius 2 is 2.13 bits per heavy atom. The van der Waals surface area contributed by atoms with Crippen LogP contribution in [0.5, 0.6) is 0 Å². The Balaban J connectivity index is 2.29. The van der Waals surface area contributed by atoms with Crippen LogP contribution < -0.4 is 5.32 Å². The van der Waals surface area contributed by atoms with Crippen LogP contribution in [-0.4, -0.2) is 25.6 Å². The summed E-state index contributed by atoms with van der Waals surface area (Å²) in [5, 5.41) is 4.01. The second-order valence-corrected chi connectivity index (χ2v) is 4.30. The first-order chi connectivity index (χ1) is 7.24. The summed E-state index contributed by atoms with van der Waals surface area (Å²) in [4.78, 5) is 0. The van der Waals surface area contributed by atoms with Crippen molar-refractivity contribution in [3.05, 3.63) is 34.9 Å². The molecule has 0 saturated carbocycles. The van der Waals surface area contributed by atoms with Crippen molar-refractivity contribution in [3.63, 3.8) is 0 Å². The van der Waals surface area contributed by atoms with Gasteiger partial charge in [-0.25, -0.2) is 0 Å². The zero-order chi connectivity index (χ0) is 11.1. The molecule has 0 fully saturated rings. The Bertz CT molecular complexity index is 294. The molecule has 0 radical (unpaired) electrons. The Morgan fingerprint density at radius 1 is 1.40 bits per heavy atom. The van der Waals surface area contributed by atoms with Gasteiger partial charge in [-0.2, -0.15) is 0 Å².